The van der Waals surface area contributed by atoms with Crippen LogP contribution >= 0.6 is 11.8 Å². The molecular weight excluding hydrogens is 230 g/mol. The number of ether oxygens (including phenoxy) is 1. The molecule has 0 radical (unpaired) electrons. The fourth-order valence-electron chi connectivity index (χ4n) is 3.21. The minimum absolute atomic E-state index is 0.0211. The van der Waals surface area contributed by atoms with E-state index in [0.29, 0.717) is 10.8 Å². The number of nitrogens with one attached hydrogen (secondary N) is 1. The Morgan fingerprint density at radius 2 is 1.88 bits per heavy atom. The van der Waals surface area contributed by atoms with E-state index in [1.807, 2.05) is 11.8 Å². The van der Waals surface area contributed by atoms with Gasteiger partial charge in [-0.3, -0.25) is 0 Å². The molecule has 1 aliphatic heterocycles. The molecule has 0 amide bonds. The predicted octanol–water partition coefficient (Wildman–Crippen LogP) is 3.21. The Labute approximate surface area is 110 Å². The monoisotopic (exact) mass is 257 g/mol. The molecule has 1 aliphatic carbocycles. The molecule has 1 heterocycles. The normalized spacial score (nSPS) is 33.4. The second kappa shape index (κ2) is 4.43. The zero-order chi connectivity index (χ0) is 12.7. The van der Waals surface area contributed by atoms with Crippen LogP contribution in [0.2, 0.25) is 0 Å². The van der Waals surface area contributed by atoms with Crippen LogP contribution in [0.5, 0.6) is 0 Å². The molecule has 1 saturated carbocycles. The fraction of sp³-hybridized carbons (Fsp3) is 1.00. The first kappa shape index (κ1) is 13.7. The van der Waals surface area contributed by atoms with Gasteiger partial charge in [-0.15, -0.1) is 0 Å². The van der Waals surface area contributed by atoms with Crippen LogP contribution in [0.4, 0.5) is 0 Å². The highest BCUT2D eigenvalue weighted by Gasteiger charge is 2.47. The van der Waals surface area contributed by atoms with Gasteiger partial charge in [0.1, 0.15) is 0 Å². The van der Waals surface area contributed by atoms with Crippen LogP contribution in [-0.2, 0) is 4.74 Å². The van der Waals surface area contributed by atoms with Crippen LogP contribution in [0.3, 0.4) is 0 Å². The van der Waals surface area contributed by atoms with E-state index in [2.05, 4.69) is 39.3 Å². The van der Waals surface area contributed by atoms with Crippen molar-refractivity contribution >= 4 is 11.8 Å². The Bertz CT molecular complexity index is 278. The maximum Gasteiger partial charge on any atom is 0.0787 e. The SMILES string of the molecule is CSC1(CNC2CC(C)(C)OC2(C)C)CCC1. The summed E-state index contributed by atoms with van der Waals surface area (Å²) >= 11 is 2.04. The molecule has 0 aromatic carbocycles. The van der Waals surface area contributed by atoms with Gasteiger partial charge in [-0.05, 0) is 53.2 Å². The smallest absolute Gasteiger partial charge is 0.0787 e. The van der Waals surface area contributed by atoms with Crippen LogP contribution in [-0.4, -0.2) is 34.8 Å². The molecule has 1 saturated heterocycles. The molecule has 2 aliphatic rings. The first-order valence-electron chi connectivity index (χ1n) is 6.77. The molecule has 2 fully saturated rings. The van der Waals surface area contributed by atoms with Crippen molar-refractivity contribution in [3.63, 3.8) is 0 Å². The number of thioether (sulfide) groups is 1. The lowest BCUT2D eigenvalue weighted by Gasteiger charge is -2.42. The second-order valence-electron chi connectivity index (χ2n) is 6.84. The van der Waals surface area contributed by atoms with E-state index in [1.54, 1.807) is 0 Å². The molecule has 0 spiro atoms. The van der Waals surface area contributed by atoms with E-state index in [1.165, 1.54) is 19.3 Å². The summed E-state index contributed by atoms with van der Waals surface area (Å²) in [6.07, 6.45) is 7.52. The van der Waals surface area contributed by atoms with E-state index in [9.17, 15) is 0 Å². The quantitative estimate of drug-likeness (QED) is 0.835. The highest BCUT2D eigenvalue weighted by atomic mass is 32.2. The molecule has 0 aromatic rings. The van der Waals surface area contributed by atoms with Gasteiger partial charge in [0, 0.05) is 17.3 Å². The second-order valence-corrected chi connectivity index (χ2v) is 8.12. The summed E-state index contributed by atoms with van der Waals surface area (Å²) in [4.78, 5) is 0. The Balaban J connectivity index is 1.91. The third-order valence-corrected chi connectivity index (χ3v) is 5.86. The maximum atomic E-state index is 6.13. The molecule has 2 rings (SSSR count). The van der Waals surface area contributed by atoms with Gasteiger partial charge in [0.25, 0.3) is 0 Å². The Hall–Kier alpha value is 0.270. The average Bonchev–Trinajstić information content (AvgIpc) is 2.33. The lowest BCUT2D eigenvalue weighted by atomic mass is 9.83. The Kier molecular flexibility index (Phi) is 3.57. The molecule has 1 unspecified atom stereocenters. The van der Waals surface area contributed by atoms with Gasteiger partial charge in [0.2, 0.25) is 0 Å². The summed E-state index contributed by atoms with van der Waals surface area (Å²) in [5.74, 6) is 0. The molecule has 17 heavy (non-hydrogen) atoms. The minimum atomic E-state index is -0.0349. The van der Waals surface area contributed by atoms with Crippen LogP contribution in [0.25, 0.3) is 0 Å². The Morgan fingerprint density at radius 3 is 2.24 bits per heavy atom. The molecular formula is C14H27NOS. The van der Waals surface area contributed by atoms with Gasteiger partial charge < -0.3 is 10.1 Å². The van der Waals surface area contributed by atoms with Crippen LogP contribution in [0.15, 0.2) is 0 Å². The van der Waals surface area contributed by atoms with Crippen LogP contribution < -0.4 is 5.32 Å². The summed E-state index contributed by atoms with van der Waals surface area (Å²) in [6, 6.07) is 0.488. The van der Waals surface area contributed by atoms with Crippen molar-refractivity contribution in [3.05, 3.63) is 0 Å². The third kappa shape index (κ3) is 2.82. The highest BCUT2D eigenvalue weighted by molar-refractivity contribution is 8.00. The lowest BCUT2D eigenvalue weighted by Crippen LogP contribution is -2.51. The zero-order valence-corrected chi connectivity index (χ0v) is 12.7. The van der Waals surface area contributed by atoms with Crippen LogP contribution in [0, 0.1) is 0 Å². The van der Waals surface area contributed by atoms with Crippen molar-refractivity contribution in [1.29, 1.82) is 0 Å². The van der Waals surface area contributed by atoms with E-state index in [0.717, 1.165) is 13.0 Å². The van der Waals surface area contributed by atoms with E-state index < -0.39 is 0 Å². The van der Waals surface area contributed by atoms with Gasteiger partial charge in [0.05, 0.1) is 11.2 Å². The van der Waals surface area contributed by atoms with Crippen molar-refractivity contribution in [2.24, 2.45) is 0 Å². The molecule has 0 bridgehead atoms. The van der Waals surface area contributed by atoms with Gasteiger partial charge in [0.15, 0.2) is 0 Å². The van der Waals surface area contributed by atoms with Crippen molar-refractivity contribution in [2.45, 2.75) is 75.4 Å². The number of hydrogen-bond acceptors (Lipinski definition) is 3. The van der Waals surface area contributed by atoms with Crippen molar-refractivity contribution in [3.8, 4) is 0 Å². The fourth-order valence-corrected chi connectivity index (χ4v) is 4.14. The summed E-state index contributed by atoms with van der Waals surface area (Å²) < 4.78 is 6.65. The van der Waals surface area contributed by atoms with Gasteiger partial charge in [-0.25, -0.2) is 0 Å². The zero-order valence-electron chi connectivity index (χ0n) is 11.9. The highest BCUT2D eigenvalue weighted by Crippen LogP contribution is 2.43. The van der Waals surface area contributed by atoms with E-state index >= 15 is 0 Å². The molecule has 0 aromatic heterocycles. The summed E-state index contributed by atoms with van der Waals surface area (Å²) in [7, 11) is 0. The van der Waals surface area contributed by atoms with Gasteiger partial charge in [-0.1, -0.05) is 6.42 Å². The molecule has 1 atom stereocenters. The largest absolute Gasteiger partial charge is 0.368 e. The molecule has 3 heteroatoms. The molecule has 100 valence electrons. The first-order chi connectivity index (χ1) is 7.79. The first-order valence-corrected chi connectivity index (χ1v) is 8.00. The van der Waals surface area contributed by atoms with Crippen molar-refractivity contribution in [2.75, 3.05) is 12.8 Å². The molecule has 2 nitrogen and oxygen atoms in total. The standard InChI is InChI=1S/C14H27NOS/c1-12(2)9-11(13(3,4)16-12)15-10-14(17-5)7-6-8-14/h11,15H,6-10H2,1-5H3. The van der Waals surface area contributed by atoms with Gasteiger partial charge >= 0.3 is 0 Å². The van der Waals surface area contributed by atoms with Gasteiger partial charge in [-0.2, -0.15) is 11.8 Å². The summed E-state index contributed by atoms with van der Waals surface area (Å²) in [5.41, 5.74) is -0.0137. The van der Waals surface area contributed by atoms with E-state index in [-0.39, 0.29) is 11.2 Å². The topological polar surface area (TPSA) is 21.3 Å². The average molecular weight is 257 g/mol. The number of hydrogen-bond donors (Lipinski definition) is 1. The van der Waals surface area contributed by atoms with Crippen LogP contribution in [0.1, 0.15) is 53.4 Å². The Morgan fingerprint density at radius 1 is 1.24 bits per heavy atom. The van der Waals surface area contributed by atoms with Crippen molar-refractivity contribution < 1.29 is 4.74 Å². The summed E-state index contributed by atoms with van der Waals surface area (Å²) in [6.45, 7) is 9.97. The predicted molar refractivity (Wildman–Crippen MR) is 75.7 cm³/mol. The maximum absolute atomic E-state index is 6.13. The summed E-state index contributed by atoms with van der Waals surface area (Å²) in [5, 5.41) is 3.78. The minimum Gasteiger partial charge on any atom is -0.368 e. The number of rotatable bonds is 4. The lowest BCUT2D eigenvalue weighted by molar-refractivity contribution is -0.0699. The molecule has 1 N–H and O–H groups in total. The van der Waals surface area contributed by atoms with Crippen molar-refractivity contribution in [1.82, 2.24) is 5.32 Å². The third-order valence-electron chi connectivity index (χ3n) is 4.44. The van der Waals surface area contributed by atoms with E-state index in [4.69, 9.17) is 4.74 Å².